The lowest BCUT2D eigenvalue weighted by Gasteiger charge is -2.12. The van der Waals surface area contributed by atoms with Crippen LogP contribution in [0.3, 0.4) is 0 Å². The highest BCUT2D eigenvalue weighted by atomic mass is 19.1. The van der Waals surface area contributed by atoms with Crippen LogP contribution in [-0.4, -0.2) is 14.5 Å². The molecule has 28 heavy (non-hydrogen) atoms. The lowest BCUT2D eigenvalue weighted by molar-refractivity contribution is 0.626. The Morgan fingerprint density at radius 1 is 0.929 bits per heavy atom. The van der Waals surface area contributed by atoms with E-state index in [4.69, 9.17) is 0 Å². The van der Waals surface area contributed by atoms with Gasteiger partial charge in [-0.25, -0.2) is 9.37 Å². The minimum atomic E-state index is -0.451. The van der Waals surface area contributed by atoms with Gasteiger partial charge < -0.3 is 0 Å². The summed E-state index contributed by atoms with van der Waals surface area (Å²) in [4.78, 5) is 21.6. The summed E-state index contributed by atoms with van der Waals surface area (Å²) in [6, 6.07) is 18.2. The molecular weight excluding hydrogens is 355 g/mol. The number of hydrogen-bond donors (Lipinski definition) is 0. The molecule has 0 aliphatic carbocycles. The summed E-state index contributed by atoms with van der Waals surface area (Å²) in [7, 11) is 0. The predicted molar refractivity (Wildman–Crippen MR) is 103 cm³/mol. The first-order chi connectivity index (χ1) is 13.7. The van der Waals surface area contributed by atoms with Gasteiger partial charge in [0.1, 0.15) is 17.6 Å². The van der Waals surface area contributed by atoms with Gasteiger partial charge in [0.15, 0.2) is 0 Å². The topological polar surface area (TPSA) is 71.6 Å². The fourth-order valence-electron chi connectivity index (χ4n) is 2.98. The van der Waals surface area contributed by atoms with Gasteiger partial charge >= 0.3 is 0 Å². The SMILES string of the molecule is N#Cc1ncccc1-c1cc(-c2ccccn2)cn(-c2cccc(F)c2)c1=O. The van der Waals surface area contributed by atoms with E-state index < -0.39 is 5.82 Å². The van der Waals surface area contributed by atoms with E-state index in [1.165, 1.54) is 29.0 Å². The van der Waals surface area contributed by atoms with Crippen LogP contribution < -0.4 is 5.56 Å². The zero-order chi connectivity index (χ0) is 19.5. The van der Waals surface area contributed by atoms with Gasteiger partial charge in [-0.1, -0.05) is 12.1 Å². The van der Waals surface area contributed by atoms with E-state index >= 15 is 0 Å². The number of nitrogens with zero attached hydrogens (tertiary/aromatic N) is 4. The molecule has 3 heterocycles. The average molecular weight is 368 g/mol. The largest absolute Gasteiger partial charge is 0.283 e. The summed E-state index contributed by atoms with van der Waals surface area (Å²) in [6.45, 7) is 0. The maximum absolute atomic E-state index is 13.8. The van der Waals surface area contributed by atoms with E-state index in [0.29, 0.717) is 22.5 Å². The summed E-state index contributed by atoms with van der Waals surface area (Å²) >= 11 is 0. The molecule has 0 spiro atoms. The van der Waals surface area contributed by atoms with Crippen LogP contribution in [0.1, 0.15) is 5.69 Å². The van der Waals surface area contributed by atoms with Gasteiger partial charge in [-0.2, -0.15) is 5.26 Å². The van der Waals surface area contributed by atoms with Crippen LogP contribution in [-0.2, 0) is 0 Å². The molecule has 1 aromatic carbocycles. The number of hydrogen-bond acceptors (Lipinski definition) is 4. The number of halogens is 1. The quantitative estimate of drug-likeness (QED) is 0.548. The van der Waals surface area contributed by atoms with Crippen molar-refractivity contribution in [2.75, 3.05) is 0 Å². The fourth-order valence-corrected chi connectivity index (χ4v) is 2.98. The number of aromatic nitrogens is 3. The minimum Gasteiger partial charge on any atom is -0.283 e. The molecule has 4 aromatic rings. The fraction of sp³-hybridized carbons (Fsp3) is 0. The Morgan fingerprint density at radius 3 is 2.54 bits per heavy atom. The molecule has 0 N–H and O–H groups in total. The van der Waals surface area contributed by atoms with E-state index in [2.05, 4.69) is 9.97 Å². The summed E-state index contributed by atoms with van der Waals surface area (Å²) in [5.41, 5.74) is 2.16. The van der Waals surface area contributed by atoms with Gasteiger partial charge in [0.05, 0.1) is 16.9 Å². The van der Waals surface area contributed by atoms with E-state index in [0.717, 1.165) is 0 Å². The zero-order valence-electron chi connectivity index (χ0n) is 14.6. The molecule has 0 fully saturated rings. The molecule has 0 radical (unpaired) electrons. The van der Waals surface area contributed by atoms with Gasteiger partial charge in [0, 0.05) is 29.7 Å². The normalized spacial score (nSPS) is 10.4. The Balaban J connectivity index is 2.05. The molecule has 0 amide bonds. The van der Waals surface area contributed by atoms with Crippen molar-refractivity contribution in [3.63, 3.8) is 0 Å². The molecule has 134 valence electrons. The third kappa shape index (κ3) is 3.17. The second kappa shape index (κ2) is 7.25. The number of nitriles is 1. The third-order valence-corrected chi connectivity index (χ3v) is 4.27. The lowest BCUT2D eigenvalue weighted by atomic mass is 10.0. The number of benzene rings is 1. The summed E-state index contributed by atoms with van der Waals surface area (Å²) in [5.74, 6) is -0.451. The Hall–Kier alpha value is -4.11. The van der Waals surface area contributed by atoms with Crippen molar-refractivity contribution in [3.8, 4) is 34.1 Å². The van der Waals surface area contributed by atoms with Crippen LogP contribution in [0.2, 0.25) is 0 Å². The van der Waals surface area contributed by atoms with E-state index in [9.17, 15) is 14.4 Å². The van der Waals surface area contributed by atoms with Crippen molar-refractivity contribution < 1.29 is 4.39 Å². The molecule has 6 heteroatoms. The maximum Gasteiger partial charge on any atom is 0.263 e. The maximum atomic E-state index is 13.8. The van der Waals surface area contributed by atoms with Gasteiger partial charge in [0.25, 0.3) is 5.56 Å². The number of rotatable bonds is 3. The van der Waals surface area contributed by atoms with Gasteiger partial charge in [-0.15, -0.1) is 0 Å². The molecule has 0 bridgehead atoms. The number of pyridine rings is 3. The molecule has 5 nitrogen and oxygen atoms in total. The molecule has 3 aromatic heterocycles. The molecule has 0 saturated heterocycles. The van der Waals surface area contributed by atoms with Crippen molar-refractivity contribution >= 4 is 0 Å². The lowest BCUT2D eigenvalue weighted by Crippen LogP contribution is -2.20. The Bertz CT molecular complexity index is 1260. The molecule has 4 rings (SSSR count). The van der Waals surface area contributed by atoms with Gasteiger partial charge in [-0.05, 0) is 48.5 Å². The molecule has 0 unspecified atom stereocenters. The van der Waals surface area contributed by atoms with E-state index in [1.807, 2.05) is 18.2 Å². The minimum absolute atomic E-state index is 0.142. The molecule has 0 atom stereocenters. The summed E-state index contributed by atoms with van der Waals surface area (Å²) in [6.07, 6.45) is 4.76. The first-order valence-electron chi connectivity index (χ1n) is 8.47. The monoisotopic (exact) mass is 368 g/mol. The van der Waals surface area contributed by atoms with Gasteiger partial charge in [-0.3, -0.25) is 14.3 Å². The second-order valence-electron chi connectivity index (χ2n) is 6.02. The molecule has 0 aliphatic heterocycles. The van der Waals surface area contributed by atoms with Crippen molar-refractivity contribution in [2.45, 2.75) is 0 Å². The summed E-state index contributed by atoms with van der Waals surface area (Å²) < 4.78 is 15.1. The van der Waals surface area contributed by atoms with Gasteiger partial charge in [0.2, 0.25) is 0 Å². The first-order valence-corrected chi connectivity index (χ1v) is 8.47. The molecule has 0 aliphatic rings. The first kappa shape index (κ1) is 17.3. The zero-order valence-corrected chi connectivity index (χ0v) is 14.6. The smallest absolute Gasteiger partial charge is 0.263 e. The van der Waals surface area contributed by atoms with Crippen LogP contribution in [0.4, 0.5) is 4.39 Å². The highest BCUT2D eigenvalue weighted by Gasteiger charge is 2.15. The van der Waals surface area contributed by atoms with Crippen molar-refractivity contribution in [3.05, 3.63) is 101 Å². The molecular formula is C22H13FN4O. The Labute approximate surface area is 160 Å². The van der Waals surface area contributed by atoms with Crippen molar-refractivity contribution in [1.29, 1.82) is 5.26 Å². The third-order valence-electron chi connectivity index (χ3n) is 4.27. The summed E-state index contributed by atoms with van der Waals surface area (Å²) in [5, 5.41) is 9.40. The van der Waals surface area contributed by atoms with Crippen molar-refractivity contribution in [1.82, 2.24) is 14.5 Å². The van der Waals surface area contributed by atoms with Crippen LogP contribution in [0, 0.1) is 17.1 Å². The highest BCUT2D eigenvalue weighted by Crippen LogP contribution is 2.25. The average Bonchev–Trinajstić information content (AvgIpc) is 2.74. The van der Waals surface area contributed by atoms with E-state index in [1.54, 1.807) is 42.7 Å². The van der Waals surface area contributed by atoms with Crippen molar-refractivity contribution in [2.24, 2.45) is 0 Å². The Morgan fingerprint density at radius 2 is 1.79 bits per heavy atom. The highest BCUT2D eigenvalue weighted by molar-refractivity contribution is 5.73. The molecule has 0 saturated carbocycles. The Kier molecular flexibility index (Phi) is 4.48. The van der Waals surface area contributed by atoms with Crippen LogP contribution >= 0.6 is 0 Å². The second-order valence-corrected chi connectivity index (χ2v) is 6.02. The van der Waals surface area contributed by atoms with Crippen LogP contribution in [0.25, 0.3) is 28.1 Å². The van der Waals surface area contributed by atoms with E-state index in [-0.39, 0.29) is 16.8 Å². The van der Waals surface area contributed by atoms with Crippen LogP contribution in [0.5, 0.6) is 0 Å². The van der Waals surface area contributed by atoms with Crippen LogP contribution in [0.15, 0.2) is 84.0 Å². The predicted octanol–water partition coefficient (Wildman–Crippen LogP) is 3.97. The standard InChI is InChI=1S/C22H13FN4O/c23-16-5-3-6-17(12-16)27-14-15(20-8-1-2-9-25-20)11-19(22(27)28)18-7-4-10-26-21(18)13-24/h1-12,14H.